The summed E-state index contributed by atoms with van der Waals surface area (Å²) in [4.78, 5) is 33.1. The molecule has 2 amide bonds. The summed E-state index contributed by atoms with van der Waals surface area (Å²) in [5, 5.41) is 13.0. The lowest BCUT2D eigenvalue weighted by atomic mass is 10.1. The Hall–Kier alpha value is -2.09. The fraction of sp³-hybridized carbons (Fsp3) is 0.200. The highest BCUT2D eigenvalue weighted by atomic mass is 32.2. The van der Waals surface area contributed by atoms with Crippen molar-refractivity contribution in [2.24, 2.45) is 5.73 Å². The molecule has 0 atom stereocenters. The molecule has 18 heavy (non-hydrogen) atoms. The van der Waals surface area contributed by atoms with E-state index >= 15 is 0 Å². The molecule has 0 aromatic heterocycles. The number of rotatable bonds is 5. The first kappa shape index (κ1) is 14.0. The Morgan fingerprint density at radius 2 is 2.17 bits per heavy atom. The molecule has 1 rings (SSSR count). The standard InChI is InChI=1S/C10H11N3O4S/c1-18-6-2-3-8(13(16)17)7(4-6)10(15)12-5-9(11)14/h2-4H,5H2,1H3,(H2,11,14)(H,12,15). The molecule has 0 saturated heterocycles. The summed E-state index contributed by atoms with van der Waals surface area (Å²) in [7, 11) is 0. The first-order chi connectivity index (χ1) is 8.45. The molecule has 0 spiro atoms. The van der Waals surface area contributed by atoms with E-state index in [1.54, 1.807) is 12.3 Å². The maximum absolute atomic E-state index is 11.7. The van der Waals surface area contributed by atoms with Crippen LogP contribution in [0, 0.1) is 10.1 Å². The van der Waals surface area contributed by atoms with Crippen LogP contribution in [0.25, 0.3) is 0 Å². The van der Waals surface area contributed by atoms with Crippen LogP contribution in [0.5, 0.6) is 0 Å². The minimum absolute atomic E-state index is 0.0897. The predicted octanol–water partition coefficient (Wildman–Crippen LogP) is 0.532. The molecule has 0 aliphatic rings. The van der Waals surface area contributed by atoms with Gasteiger partial charge in [0.15, 0.2) is 0 Å². The van der Waals surface area contributed by atoms with Crippen LogP contribution in [-0.2, 0) is 4.79 Å². The second kappa shape index (κ2) is 6.01. The summed E-state index contributed by atoms with van der Waals surface area (Å²) in [6.07, 6.45) is 1.78. The normalized spacial score (nSPS) is 9.83. The number of benzene rings is 1. The monoisotopic (exact) mass is 269 g/mol. The maximum atomic E-state index is 11.7. The van der Waals surface area contributed by atoms with Gasteiger partial charge in [-0.25, -0.2) is 0 Å². The molecule has 3 N–H and O–H groups in total. The third kappa shape index (κ3) is 3.45. The van der Waals surface area contributed by atoms with Crippen LogP contribution in [0.15, 0.2) is 23.1 Å². The van der Waals surface area contributed by atoms with Crippen molar-refractivity contribution >= 4 is 29.3 Å². The van der Waals surface area contributed by atoms with Gasteiger partial charge in [0.05, 0.1) is 11.5 Å². The number of carbonyl (C=O) groups excluding carboxylic acids is 2. The van der Waals surface area contributed by atoms with Crippen molar-refractivity contribution in [2.75, 3.05) is 12.8 Å². The summed E-state index contributed by atoms with van der Waals surface area (Å²) in [5.74, 6) is -1.41. The summed E-state index contributed by atoms with van der Waals surface area (Å²) in [6.45, 7) is -0.362. The van der Waals surface area contributed by atoms with Crippen molar-refractivity contribution < 1.29 is 14.5 Å². The van der Waals surface area contributed by atoms with Gasteiger partial charge in [0.25, 0.3) is 11.6 Å². The minimum Gasteiger partial charge on any atom is -0.368 e. The number of nitro groups is 1. The highest BCUT2D eigenvalue weighted by Gasteiger charge is 2.20. The van der Waals surface area contributed by atoms with E-state index in [1.165, 1.54) is 23.9 Å². The van der Waals surface area contributed by atoms with Gasteiger partial charge in [-0.05, 0) is 18.4 Å². The first-order valence-electron chi connectivity index (χ1n) is 4.84. The molecular formula is C10H11N3O4S. The lowest BCUT2D eigenvalue weighted by Gasteiger charge is -2.05. The number of hydrogen-bond donors (Lipinski definition) is 2. The highest BCUT2D eigenvalue weighted by Crippen LogP contribution is 2.24. The van der Waals surface area contributed by atoms with Crippen molar-refractivity contribution in [2.45, 2.75) is 4.90 Å². The van der Waals surface area contributed by atoms with E-state index in [4.69, 9.17) is 5.73 Å². The van der Waals surface area contributed by atoms with Gasteiger partial charge in [-0.2, -0.15) is 0 Å². The van der Waals surface area contributed by atoms with E-state index < -0.39 is 16.7 Å². The number of amides is 2. The number of hydrogen-bond acceptors (Lipinski definition) is 5. The van der Waals surface area contributed by atoms with E-state index in [-0.39, 0.29) is 17.8 Å². The maximum Gasteiger partial charge on any atom is 0.282 e. The smallest absolute Gasteiger partial charge is 0.282 e. The van der Waals surface area contributed by atoms with Gasteiger partial charge >= 0.3 is 0 Å². The zero-order valence-corrected chi connectivity index (χ0v) is 10.3. The fourth-order valence-corrected chi connectivity index (χ4v) is 1.69. The van der Waals surface area contributed by atoms with Crippen LogP contribution >= 0.6 is 11.8 Å². The summed E-state index contributed by atoms with van der Waals surface area (Å²) < 4.78 is 0. The number of nitrogens with two attached hydrogens (primary N) is 1. The van der Waals surface area contributed by atoms with Gasteiger partial charge in [-0.1, -0.05) is 0 Å². The Kier molecular flexibility index (Phi) is 4.67. The molecule has 1 aromatic carbocycles. The van der Waals surface area contributed by atoms with E-state index in [0.29, 0.717) is 4.90 Å². The second-order valence-corrected chi connectivity index (χ2v) is 4.17. The quantitative estimate of drug-likeness (QED) is 0.459. The molecule has 0 unspecified atom stereocenters. The lowest BCUT2D eigenvalue weighted by molar-refractivity contribution is -0.385. The van der Waals surface area contributed by atoms with Crippen LogP contribution in [-0.4, -0.2) is 29.5 Å². The van der Waals surface area contributed by atoms with Crippen LogP contribution < -0.4 is 11.1 Å². The van der Waals surface area contributed by atoms with Gasteiger partial charge in [-0.15, -0.1) is 11.8 Å². The molecular weight excluding hydrogens is 258 g/mol. The molecule has 0 saturated carbocycles. The van der Waals surface area contributed by atoms with Crippen LogP contribution in [0.1, 0.15) is 10.4 Å². The van der Waals surface area contributed by atoms with E-state index in [1.807, 2.05) is 0 Å². The molecule has 0 aliphatic carbocycles. The second-order valence-electron chi connectivity index (χ2n) is 3.29. The molecule has 1 aromatic rings. The Bertz CT molecular complexity index is 504. The van der Waals surface area contributed by atoms with Crippen LogP contribution in [0.2, 0.25) is 0 Å². The Balaban J connectivity index is 3.06. The van der Waals surface area contributed by atoms with Gasteiger partial charge in [-0.3, -0.25) is 19.7 Å². The van der Waals surface area contributed by atoms with Crippen LogP contribution in [0.3, 0.4) is 0 Å². The zero-order valence-electron chi connectivity index (χ0n) is 9.50. The Morgan fingerprint density at radius 3 is 2.67 bits per heavy atom. The molecule has 0 heterocycles. The van der Waals surface area contributed by atoms with Crippen molar-refractivity contribution in [3.63, 3.8) is 0 Å². The van der Waals surface area contributed by atoms with Crippen molar-refractivity contribution in [3.05, 3.63) is 33.9 Å². The zero-order chi connectivity index (χ0) is 13.7. The molecule has 0 fully saturated rings. The number of nitrogens with one attached hydrogen (secondary N) is 1. The molecule has 0 aliphatic heterocycles. The molecule has 96 valence electrons. The summed E-state index contributed by atoms with van der Waals surface area (Å²) in [5.41, 5.74) is 4.48. The number of carbonyl (C=O) groups is 2. The lowest BCUT2D eigenvalue weighted by Crippen LogP contribution is -2.33. The predicted molar refractivity (Wildman–Crippen MR) is 66.4 cm³/mol. The Labute approximate surface area is 107 Å². The third-order valence-corrected chi connectivity index (χ3v) is 2.79. The van der Waals surface area contributed by atoms with E-state index in [2.05, 4.69) is 5.32 Å². The first-order valence-corrected chi connectivity index (χ1v) is 6.07. The van der Waals surface area contributed by atoms with Gasteiger partial charge in [0.1, 0.15) is 5.56 Å². The minimum atomic E-state index is -0.716. The van der Waals surface area contributed by atoms with Crippen molar-refractivity contribution in [3.8, 4) is 0 Å². The molecule has 0 bridgehead atoms. The average molecular weight is 269 g/mol. The van der Waals surface area contributed by atoms with Crippen molar-refractivity contribution in [1.29, 1.82) is 0 Å². The average Bonchev–Trinajstić information content (AvgIpc) is 2.34. The summed E-state index contributed by atoms with van der Waals surface area (Å²) in [6, 6.07) is 4.21. The topological polar surface area (TPSA) is 115 Å². The highest BCUT2D eigenvalue weighted by molar-refractivity contribution is 7.98. The fourth-order valence-electron chi connectivity index (χ4n) is 1.25. The van der Waals surface area contributed by atoms with Crippen LogP contribution in [0.4, 0.5) is 5.69 Å². The van der Waals surface area contributed by atoms with Gasteiger partial charge in [0, 0.05) is 11.0 Å². The molecule has 8 heteroatoms. The van der Waals surface area contributed by atoms with Crippen molar-refractivity contribution in [1.82, 2.24) is 5.32 Å². The van der Waals surface area contributed by atoms with Gasteiger partial charge in [0.2, 0.25) is 5.91 Å². The van der Waals surface area contributed by atoms with E-state index in [0.717, 1.165) is 0 Å². The molecule has 0 radical (unpaired) electrons. The molecule has 7 nitrogen and oxygen atoms in total. The number of nitro benzene ring substituents is 1. The number of thioether (sulfide) groups is 1. The largest absolute Gasteiger partial charge is 0.368 e. The third-order valence-electron chi connectivity index (χ3n) is 2.07. The van der Waals surface area contributed by atoms with Gasteiger partial charge < -0.3 is 11.1 Å². The SMILES string of the molecule is CSc1ccc([N+](=O)[O-])c(C(=O)NCC(N)=O)c1. The number of nitrogens with zero attached hydrogens (tertiary/aromatic N) is 1. The summed E-state index contributed by atoms with van der Waals surface area (Å²) >= 11 is 1.35. The van der Waals surface area contributed by atoms with E-state index in [9.17, 15) is 19.7 Å². The number of primary amides is 1. The Morgan fingerprint density at radius 1 is 1.50 bits per heavy atom.